The minimum atomic E-state index is -0.0627. The van der Waals surface area contributed by atoms with Gasteiger partial charge in [0.15, 0.2) is 0 Å². The van der Waals surface area contributed by atoms with Gasteiger partial charge < -0.3 is 10.2 Å². The number of urea groups is 1. The third-order valence-corrected chi connectivity index (χ3v) is 5.66. The summed E-state index contributed by atoms with van der Waals surface area (Å²) in [5, 5.41) is 4.83. The summed E-state index contributed by atoms with van der Waals surface area (Å²) in [6.07, 6.45) is 5.66. The molecule has 1 aliphatic rings. The van der Waals surface area contributed by atoms with Gasteiger partial charge in [-0.2, -0.15) is 0 Å². The molecule has 1 N–H and O–H groups in total. The Labute approximate surface area is 171 Å². The quantitative estimate of drug-likeness (QED) is 0.334. The predicted molar refractivity (Wildman–Crippen MR) is 117 cm³/mol. The Bertz CT molecular complexity index is 1460. The third kappa shape index (κ3) is 2.62. The van der Waals surface area contributed by atoms with Crippen LogP contribution in [-0.4, -0.2) is 44.0 Å². The Kier molecular flexibility index (Phi) is 3.74. The number of aromatic nitrogens is 4. The number of rotatable bonds is 1. The van der Waals surface area contributed by atoms with Crippen molar-refractivity contribution in [2.75, 3.05) is 18.4 Å². The van der Waals surface area contributed by atoms with E-state index < -0.39 is 0 Å². The highest BCUT2D eigenvalue weighted by molar-refractivity contribution is 6.21. The second-order valence-corrected chi connectivity index (χ2v) is 7.55. The van der Waals surface area contributed by atoms with Crippen LogP contribution in [0, 0.1) is 0 Å². The Hall–Kier alpha value is -3.87. The lowest BCUT2D eigenvalue weighted by molar-refractivity contribution is 0.222. The topological polar surface area (TPSA) is 83.9 Å². The minimum Gasteiger partial charge on any atom is -0.325 e. The van der Waals surface area contributed by atoms with Crippen LogP contribution in [0.2, 0.25) is 0 Å². The molecule has 0 saturated carbocycles. The van der Waals surface area contributed by atoms with E-state index in [1.807, 2.05) is 47.4 Å². The molecule has 6 rings (SSSR count). The van der Waals surface area contributed by atoms with Gasteiger partial charge >= 0.3 is 6.03 Å². The SMILES string of the molecule is O=C(Nc1ccc2nc3c4cccnc4c4ncccc4c3nc2c1)N1CCCC1. The lowest BCUT2D eigenvalue weighted by Crippen LogP contribution is -2.32. The Morgan fingerprint density at radius 3 is 2.10 bits per heavy atom. The second-order valence-electron chi connectivity index (χ2n) is 7.55. The summed E-state index contributed by atoms with van der Waals surface area (Å²) in [7, 11) is 0. The van der Waals surface area contributed by atoms with Gasteiger partial charge in [-0.3, -0.25) is 9.97 Å². The number of hydrogen-bond acceptors (Lipinski definition) is 5. The highest BCUT2D eigenvalue weighted by Gasteiger charge is 2.18. The van der Waals surface area contributed by atoms with E-state index in [-0.39, 0.29) is 6.03 Å². The van der Waals surface area contributed by atoms with Gasteiger partial charge in [-0.15, -0.1) is 0 Å². The fourth-order valence-corrected chi connectivity index (χ4v) is 4.20. The molecule has 1 saturated heterocycles. The Balaban J connectivity index is 1.55. The van der Waals surface area contributed by atoms with Crippen LogP contribution < -0.4 is 5.32 Å². The molecule has 0 aliphatic carbocycles. The molecule has 0 spiro atoms. The van der Waals surface area contributed by atoms with Crippen molar-refractivity contribution in [3.05, 3.63) is 54.9 Å². The van der Waals surface area contributed by atoms with E-state index in [2.05, 4.69) is 15.3 Å². The van der Waals surface area contributed by atoms with Crippen LogP contribution in [0.1, 0.15) is 12.8 Å². The molecule has 4 heterocycles. The Morgan fingerprint density at radius 1 is 0.800 bits per heavy atom. The van der Waals surface area contributed by atoms with Crippen molar-refractivity contribution in [2.24, 2.45) is 0 Å². The maximum absolute atomic E-state index is 12.4. The number of benzene rings is 2. The van der Waals surface area contributed by atoms with Crippen LogP contribution in [0.5, 0.6) is 0 Å². The van der Waals surface area contributed by atoms with Crippen LogP contribution in [0.25, 0.3) is 43.9 Å². The lowest BCUT2D eigenvalue weighted by Gasteiger charge is -2.16. The molecule has 7 heteroatoms. The van der Waals surface area contributed by atoms with Gasteiger partial charge in [0, 0.05) is 41.9 Å². The second kappa shape index (κ2) is 6.59. The molecule has 2 aromatic carbocycles. The first kappa shape index (κ1) is 17.0. The average molecular weight is 394 g/mol. The van der Waals surface area contributed by atoms with Crippen LogP contribution in [0.15, 0.2) is 54.9 Å². The first-order valence-corrected chi connectivity index (χ1v) is 10.1. The maximum atomic E-state index is 12.4. The smallest absolute Gasteiger partial charge is 0.321 e. The number of fused-ring (bicyclic) bond motifs is 7. The molecule has 146 valence electrons. The van der Waals surface area contributed by atoms with Gasteiger partial charge in [0.25, 0.3) is 0 Å². The summed E-state index contributed by atoms with van der Waals surface area (Å²) in [6.45, 7) is 1.62. The molecule has 0 bridgehead atoms. The summed E-state index contributed by atoms with van der Waals surface area (Å²) < 4.78 is 0. The number of pyridine rings is 2. The largest absolute Gasteiger partial charge is 0.325 e. The number of amides is 2. The summed E-state index contributed by atoms with van der Waals surface area (Å²) in [4.78, 5) is 33.2. The van der Waals surface area contributed by atoms with Crippen molar-refractivity contribution >= 4 is 55.6 Å². The van der Waals surface area contributed by atoms with Gasteiger partial charge in [-0.1, -0.05) is 0 Å². The van der Waals surface area contributed by atoms with E-state index in [1.54, 1.807) is 12.4 Å². The first-order chi connectivity index (χ1) is 14.8. The van der Waals surface area contributed by atoms with Crippen molar-refractivity contribution in [2.45, 2.75) is 12.8 Å². The normalized spacial score (nSPS) is 14.2. The van der Waals surface area contributed by atoms with E-state index in [0.717, 1.165) is 75.5 Å². The van der Waals surface area contributed by atoms with E-state index >= 15 is 0 Å². The van der Waals surface area contributed by atoms with Crippen LogP contribution in [0.3, 0.4) is 0 Å². The van der Waals surface area contributed by atoms with Gasteiger partial charge in [0.05, 0.1) is 33.1 Å². The molecule has 3 aromatic heterocycles. The summed E-state index contributed by atoms with van der Waals surface area (Å²) in [5.74, 6) is 0. The first-order valence-electron chi connectivity index (χ1n) is 10.1. The molecule has 0 unspecified atom stereocenters. The summed E-state index contributed by atoms with van der Waals surface area (Å²) >= 11 is 0. The molecule has 0 radical (unpaired) electrons. The molecule has 1 fully saturated rings. The standard InChI is InChI=1S/C23H18N6O/c30-23(29-11-1-2-12-29)26-14-7-8-17-18(13-14)28-22-16-6-4-10-25-20(16)19-15(21(22)27-17)5-3-9-24-19/h3-10,13H,1-2,11-12H2,(H,26,30). The number of anilines is 1. The summed E-state index contributed by atoms with van der Waals surface area (Å²) in [5.41, 5.74) is 5.45. The van der Waals surface area contributed by atoms with E-state index in [0.29, 0.717) is 0 Å². The highest BCUT2D eigenvalue weighted by Crippen LogP contribution is 2.32. The Morgan fingerprint density at radius 2 is 1.43 bits per heavy atom. The number of carbonyl (C=O) groups excluding carboxylic acids is 1. The van der Waals surface area contributed by atoms with Gasteiger partial charge in [-0.05, 0) is 55.3 Å². The van der Waals surface area contributed by atoms with Crippen molar-refractivity contribution in [3.8, 4) is 0 Å². The molecule has 30 heavy (non-hydrogen) atoms. The van der Waals surface area contributed by atoms with Crippen molar-refractivity contribution in [3.63, 3.8) is 0 Å². The van der Waals surface area contributed by atoms with E-state index in [9.17, 15) is 4.79 Å². The van der Waals surface area contributed by atoms with E-state index in [4.69, 9.17) is 9.97 Å². The minimum absolute atomic E-state index is 0.0627. The molecule has 7 nitrogen and oxygen atoms in total. The molecular formula is C23H18N6O. The molecule has 2 amide bonds. The predicted octanol–water partition coefficient (Wildman–Crippen LogP) is 4.51. The van der Waals surface area contributed by atoms with Gasteiger partial charge in [0.1, 0.15) is 0 Å². The van der Waals surface area contributed by atoms with Crippen molar-refractivity contribution in [1.29, 1.82) is 0 Å². The number of carbonyl (C=O) groups is 1. The zero-order valence-corrected chi connectivity index (χ0v) is 16.2. The zero-order valence-electron chi connectivity index (χ0n) is 16.2. The number of nitrogens with one attached hydrogen (secondary N) is 1. The van der Waals surface area contributed by atoms with E-state index in [1.165, 1.54) is 0 Å². The van der Waals surface area contributed by atoms with Crippen molar-refractivity contribution < 1.29 is 4.79 Å². The van der Waals surface area contributed by atoms with Crippen LogP contribution in [0.4, 0.5) is 10.5 Å². The number of likely N-dealkylation sites (tertiary alicyclic amines) is 1. The van der Waals surface area contributed by atoms with Crippen LogP contribution >= 0.6 is 0 Å². The molecular weight excluding hydrogens is 376 g/mol. The summed E-state index contributed by atoms with van der Waals surface area (Å²) in [6, 6.07) is 13.4. The molecule has 0 atom stereocenters. The average Bonchev–Trinajstić information content (AvgIpc) is 3.33. The monoisotopic (exact) mass is 394 g/mol. The zero-order chi connectivity index (χ0) is 20.1. The van der Waals surface area contributed by atoms with Crippen LogP contribution in [-0.2, 0) is 0 Å². The fourth-order valence-electron chi connectivity index (χ4n) is 4.20. The number of hydrogen-bond donors (Lipinski definition) is 1. The fraction of sp³-hybridized carbons (Fsp3) is 0.174. The van der Waals surface area contributed by atoms with Crippen molar-refractivity contribution in [1.82, 2.24) is 24.8 Å². The lowest BCUT2D eigenvalue weighted by atomic mass is 10.1. The maximum Gasteiger partial charge on any atom is 0.321 e. The molecule has 1 aliphatic heterocycles. The van der Waals surface area contributed by atoms with Gasteiger partial charge in [-0.25, -0.2) is 14.8 Å². The highest BCUT2D eigenvalue weighted by atomic mass is 16.2. The third-order valence-electron chi connectivity index (χ3n) is 5.66. The van der Waals surface area contributed by atoms with Gasteiger partial charge in [0.2, 0.25) is 0 Å². The molecule has 5 aromatic rings. The number of nitrogens with zero attached hydrogens (tertiary/aromatic N) is 5.